The second-order valence-electron chi connectivity index (χ2n) is 11.9. The van der Waals surface area contributed by atoms with E-state index in [0.29, 0.717) is 5.56 Å². The predicted molar refractivity (Wildman–Crippen MR) is 149 cm³/mol. The van der Waals surface area contributed by atoms with E-state index in [4.69, 9.17) is 4.74 Å². The van der Waals surface area contributed by atoms with Crippen molar-refractivity contribution < 1.29 is 24.2 Å². The zero-order valence-electron chi connectivity index (χ0n) is 24.1. The maximum absolute atomic E-state index is 14.3. The first-order chi connectivity index (χ1) is 17.5. The second kappa shape index (κ2) is 12.3. The Labute approximate surface area is 226 Å². The van der Waals surface area contributed by atoms with E-state index in [0.717, 1.165) is 11.1 Å². The molecular weight excluding hydrogens is 482 g/mol. The molecule has 0 heterocycles. The van der Waals surface area contributed by atoms with Crippen molar-refractivity contribution >= 4 is 17.9 Å². The number of rotatable bonds is 8. The molecule has 0 aliphatic rings. The van der Waals surface area contributed by atoms with E-state index in [2.05, 4.69) is 10.6 Å². The number of benzene rings is 2. The molecule has 0 aliphatic carbocycles. The average molecular weight is 526 g/mol. The summed E-state index contributed by atoms with van der Waals surface area (Å²) >= 11 is 0. The molecule has 2 aromatic carbocycles. The molecule has 3 N–H and O–H groups in total. The molecule has 0 saturated heterocycles. The lowest BCUT2D eigenvalue weighted by atomic mass is 9.95. The van der Waals surface area contributed by atoms with Crippen LogP contribution in [0.5, 0.6) is 5.75 Å². The Morgan fingerprint density at radius 3 is 2.03 bits per heavy atom. The maximum atomic E-state index is 14.3. The number of ether oxygens (including phenoxy) is 1. The molecule has 0 radical (unpaired) electrons. The fourth-order valence-electron chi connectivity index (χ4n) is 4.13. The van der Waals surface area contributed by atoms with Crippen molar-refractivity contribution in [2.45, 2.75) is 98.0 Å². The van der Waals surface area contributed by atoms with E-state index in [1.165, 1.54) is 17.0 Å². The third-order valence-corrected chi connectivity index (χ3v) is 5.68. The highest BCUT2D eigenvalue weighted by molar-refractivity contribution is 5.93. The van der Waals surface area contributed by atoms with Crippen molar-refractivity contribution in [3.63, 3.8) is 0 Å². The van der Waals surface area contributed by atoms with Crippen molar-refractivity contribution in [1.29, 1.82) is 0 Å². The van der Waals surface area contributed by atoms with Gasteiger partial charge in [0.05, 0.1) is 0 Å². The van der Waals surface area contributed by atoms with Gasteiger partial charge in [0.25, 0.3) is 0 Å². The van der Waals surface area contributed by atoms with Gasteiger partial charge < -0.3 is 25.4 Å². The summed E-state index contributed by atoms with van der Waals surface area (Å²) in [6.45, 7) is 16.5. The molecule has 0 saturated carbocycles. The number of aryl methyl sites for hydroxylation is 1. The topological polar surface area (TPSA) is 108 Å². The van der Waals surface area contributed by atoms with Gasteiger partial charge in [0.1, 0.15) is 23.4 Å². The van der Waals surface area contributed by atoms with Crippen molar-refractivity contribution in [3.05, 3.63) is 65.2 Å². The van der Waals surface area contributed by atoms with Crippen molar-refractivity contribution in [2.24, 2.45) is 0 Å². The normalized spacial score (nSPS) is 13.4. The third kappa shape index (κ3) is 9.08. The van der Waals surface area contributed by atoms with Crippen LogP contribution in [0.2, 0.25) is 0 Å². The van der Waals surface area contributed by atoms with Crippen LogP contribution in [-0.2, 0) is 20.7 Å². The van der Waals surface area contributed by atoms with Crippen LogP contribution in [0, 0.1) is 6.92 Å². The minimum absolute atomic E-state index is 0.0963. The van der Waals surface area contributed by atoms with Crippen LogP contribution in [0.1, 0.15) is 78.1 Å². The molecule has 0 aromatic heterocycles. The number of phenols is 1. The zero-order chi connectivity index (χ0) is 28.8. The molecule has 38 heavy (non-hydrogen) atoms. The van der Waals surface area contributed by atoms with Crippen molar-refractivity contribution in [2.75, 3.05) is 0 Å². The molecule has 2 aromatic rings. The van der Waals surface area contributed by atoms with Gasteiger partial charge in [-0.05, 0) is 91.1 Å². The van der Waals surface area contributed by atoms with E-state index in [9.17, 15) is 19.5 Å². The Morgan fingerprint density at radius 2 is 1.53 bits per heavy atom. The first-order valence-electron chi connectivity index (χ1n) is 13.0. The molecule has 3 amide bonds. The SMILES string of the molecule is Cc1ccccc1C(C(=O)NC(C)(C)C)N(C(=O)C(Cc1ccc(O)cc1)NC(=O)OC(C)(C)C)C(C)C. The monoisotopic (exact) mass is 525 g/mol. The molecule has 0 bridgehead atoms. The lowest BCUT2D eigenvalue weighted by Crippen LogP contribution is -2.57. The molecule has 2 unspecified atom stereocenters. The van der Waals surface area contributed by atoms with Crippen molar-refractivity contribution in [3.8, 4) is 5.75 Å². The van der Waals surface area contributed by atoms with Gasteiger partial charge in [-0.2, -0.15) is 0 Å². The first kappa shape index (κ1) is 30.7. The number of amides is 3. The van der Waals surface area contributed by atoms with Gasteiger partial charge in [-0.25, -0.2) is 4.79 Å². The number of alkyl carbamates (subject to hydrolysis) is 1. The molecule has 8 nitrogen and oxygen atoms in total. The standard InChI is InChI=1S/C30H43N3O5/c1-19(2)33(25(26(35)32-29(4,5)6)23-13-11-10-12-20(23)3)27(36)24(31-28(37)38-30(7,8)9)18-21-14-16-22(34)17-15-21/h10-17,19,24-25,34H,18H2,1-9H3,(H,31,37)(H,32,35). The Morgan fingerprint density at radius 1 is 0.947 bits per heavy atom. The summed E-state index contributed by atoms with van der Waals surface area (Å²) < 4.78 is 5.45. The minimum atomic E-state index is -1.02. The summed E-state index contributed by atoms with van der Waals surface area (Å²) in [6, 6.07) is 11.6. The number of nitrogens with one attached hydrogen (secondary N) is 2. The molecular formula is C30H43N3O5. The number of aromatic hydroxyl groups is 1. The van der Waals surface area contributed by atoms with Gasteiger partial charge in [0.15, 0.2) is 0 Å². The number of carbonyl (C=O) groups is 3. The van der Waals surface area contributed by atoms with Crippen LogP contribution in [0.25, 0.3) is 0 Å². The molecule has 0 fully saturated rings. The molecule has 2 rings (SSSR count). The quantitative estimate of drug-likeness (QED) is 0.448. The molecule has 0 spiro atoms. The summed E-state index contributed by atoms with van der Waals surface area (Å²) in [5.74, 6) is -0.634. The highest BCUT2D eigenvalue weighted by Crippen LogP contribution is 2.28. The van der Waals surface area contributed by atoms with Crippen LogP contribution < -0.4 is 10.6 Å². The molecule has 2 atom stereocenters. The fourth-order valence-corrected chi connectivity index (χ4v) is 4.13. The lowest BCUT2D eigenvalue weighted by Gasteiger charge is -2.39. The number of hydrogen-bond donors (Lipinski definition) is 3. The van der Waals surface area contributed by atoms with Gasteiger partial charge in [-0.15, -0.1) is 0 Å². The second-order valence-corrected chi connectivity index (χ2v) is 11.9. The van der Waals surface area contributed by atoms with Gasteiger partial charge in [-0.1, -0.05) is 36.4 Å². The molecule has 0 aliphatic heterocycles. The van der Waals surface area contributed by atoms with Crippen LogP contribution in [0.15, 0.2) is 48.5 Å². The highest BCUT2D eigenvalue weighted by Gasteiger charge is 2.39. The van der Waals surface area contributed by atoms with Gasteiger partial charge in [0, 0.05) is 18.0 Å². The fraction of sp³-hybridized carbons (Fsp3) is 0.500. The minimum Gasteiger partial charge on any atom is -0.508 e. The van der Waals surface area contributed by atoms with Gasteiger partial charge >= 0.3 is 6.09 Å². The van der Waals surface area contributed by atoms with Crippen LogP contribution in [-0.4, -0.2) is 51.1 Å². The summed E-state index contributed by atoms with van der Waals surface area (Å²) in [7, 11) is 0. The third-order valence-electron chi connectivity index (χ3n) is 5.68. The number of hydrogen-bond acceptors (Lipinski definition) is 5. The van der Waals surface area contributed by atoms with Crippen LogP contribution in [0.3, 0.4) is 0 Å². The largest absolute Gasteiger partial charge is 0.508 e. The maximum Gasteiger partial charge on any atom is 0.408 e. The highest BCUT2D eigenvalue weighted by atomic mass is 16.6. The van der Waals surface area contributed by atoms with E-state index in [1.54, 1.807) is 32.9 Å². The van der Waals surface area contributed by atoms with Crippen LogP contribution in [0.4, 0.5) is 4.79 Å². The predicted octanol–water partition coefficient (Wildman–Crippen LogP) is 5.03. The summed E-state index contributed by atoms with van der Waals surface area (Å²) in [6.07, 6.45) is -0.590. The first-order valence-corrected chi connectivity index (χ1v) is 13.0. The molecule has 208 valence electrons. The van der Waals surface area contributed by atoms with Gasteiger partial charge in [-0.3, -0.25) is 9.59 Å². The Balaban J connectivity index is 2.58. The summed E-state index contributed by atoms with van der Waals surface area (Å²) in [5.41, 5.74) is 1.02. The number of carbonyl (C=O) groups excluding carboxylic acids is 3. The molecule has 8 heteroatoms. The van der Waals surface area contributed by atoms with Gasteiger partial charge in [0.2, 0.25) is 11.8 Å². The Kier molecular flexibility index (Phi) is 9.95. The summed E-state index contributed by atoms with van der Waals surface area (Å²) in [5, 5.41) is 15.5. The lowest BCUT2D eigenvalue weighted by molar-refractivity contribution is -0.145. The van der Waals surface area contributed by atoms with E-state index < -0.39 is 35.2 Å². The summed E-state index contributed by atoms with van der Waals surface area (Å²) in [4.78, 5) is 42.4. The Hall–Kier alpha value is -3.55. The average Bonchev–Trinajstić information content (AvgIpc) is 2.76. The van der Waals surface area contributed by atoms with E-state index >= 15 is 0 Å². The van der Waals surface area contributed by atoms with Crippen LogP contribution >= 0.6 is 0 Å². The van der Waals surface area contributed by atoms with E-state index in [1.807, 2.05) is 65.8 Å². The zero-order valence-corrected chi connectivity index (χ0v) is 24.1. The van der Waals surface area contributed by atoms with Crippen molar-refractivity contribution in [1.82, 2.24) is 15.5 Å². The number of nitrogens with zero attached hydrogens (tertiary/aromatic N) is 1. The van der Waals surface area contributed by atoms with E-state index in [-0.39, 0.29) is 24.1 Å². The Bertz CT molecular complexity index is 1110. The number of phenolic OH excluding ortho intramolecular Hbond substituents is 1. The smallest absolute Gasteiger partial charge is 0.408 e.